The zero-order valence-electron chi connectivity index (χ0n) is 12.1. The second-order valence-electron chi connectivity index (χ2n) is 5.13. The molecule has 2 rings (SSSR count). The number of nitrogens with one attached hydrogen (secondary N) is 1. The van der Waals surface area contributed by atoms with Gasteiger partial charge in [0.15, 0.2) is 0 Å². The number of hydrogen-bond donors (Lipinski definition) is 1. The maximum absolute atomic E-state index is 5.33. The van der Waals surface area contributed by atoms with Gasteiger partial charge in [0.25, 0.3) is 0 Å². The van der Waals surface area contributed by atoms with Crippen LogP contribution >= 0.6 is 28.1 Å². The van der Waals surface area contributed by atoms with Crippen LogP contribution in [0.1, 0.15) is 41.6 Å². The van der Waals surface area contributed by atoms with E-state index in [2.05, 4.69) is 64.9 Å². The van der Waals surface area contributed by atoms with Crippen LogP contribution in [0, 0.1) is 18.5 Å². The van der Waals surface area contributed by atoms with E-state index in [-0.39, 0.29) is 0 Å². The molecule has 0 unspecified atom stereocenters. The second kappa shape index (κ2) is 6.64. The molecule has 0 bridgehead atoms. The fourth-order valence-corrected chi connectivity index (χ4v) is 2.79. The predicted octanol–water partition coefficient (Wildman–Crippen LogP) is 5.06. The molecule has 2 aromatic rings. The minimum atomic E-state index is 0.644. The number of aryl methyl sites for hydroxylation is 3. The van der Waals surface area contributed by atoms with Crippen molar-refractivity contribution in [2.75, 3.05) is 0 Å². The maximum Gasteiger partial charge on any atom is 0.144 e. The Labute approximate surface area is 133 Å². The van der Waals surface area contributed by atoms with Crippen LogP contribution in [0.4, 0.5) is 0 Å². The minimum absolute atomic E-state index is 0.644. The Morgan fingerprint density at radius 3 is 2.65 bits per heavy atom. The van der Waals surface area contributed by atoms with Crippen molar-refractivity contribution in [3.63, 3.8) is 0 Å². The van der Waals surface area contributed by atoms with E-state index in [1.165, 1.54) is 16.7 Å². The van der Waals surface area contributed by atoms with E-state index in [4.69, 9.17) is 12.2 Å². The summed E-state index contributed by atoms with van der Waals surface area (Å²) < 4.78 is 1.57. The Morgan fingerprint density at radius 2 is 2.00 bits per heavy atom. The van der Waals surface area contributed by atoms with Crippen LogP contribution in [0.25, 0.3) is 0 Å². The highest BCUT2D eigenvalue weighted by atomic mass is 79.9. The first-order valence-corrected chi connectivity index (χ1v) is 8.05. The Kier molecular flexibility index (Phi) is 5.11. The van der Waals surface area contributed by atoms with Gasteiger partial charge in [0, 0.05) is 12.1 Å². The molecule has 0 saturated carbocycles. The SMILES string of the molecule is CCCc1[nH]c(Cc2ccc(C)c(C)c2)nc(=S)c1Br. The highest BCUT2D eigenvalue weighted by Gasteiger charge is 2.07. The van der Waals surface area contributed by atoms with Crippen molar-refractivity contribution < 1.29 is 0 Å². The molecule has 1 aromatic carbocycles. The van der Waals surface area contributed by atoms with Gasteiger partial charge in [-0.25, -0.2) is 4.98 Å². The topological polar surface area (TPSA) is 28.7 Å². The van der Waals surface area contributed by atoms with Crippen molar-refractivity contribution >= 4 is 28.1 Å². The first kappa shape index (κ1) is 15.4. The lowest BCUT2D eigenvalue weighted by atomic mass is 10.0. The average Bonchev–Trinajstić information content (AvgIpc) is 2.40. The largest absolute Gasteiger partial charge is 0.346 e. The normalized spacial score (nSPS) is 10.8. The summed E-state index contributed by atoms with van der Waals surface area (Å²) in [6.07, 6.45) is 2.85. The van der Waals surface area contributed by atoms with Crippen LogP contribution in [0.15, 0.2) is 22.7 Å². The smallest absolute Gasteiger partial charge is 0.144 e. The highest BCUT2D eigenvalue weighted by Crippen LogP contribution is 2.19. The highest BCUT2D eigenvalue weighted by molar-refractivity contribution is 9.10. The maximum atomic E-state index is 5.33. The molecule has 0 aliphatic rings. The minimum Gasteiger partial charge on any atom is -0.346 e. The molecule has 0 amide bonds. The molecule has 0 aliphatic heterocycles. The Morgan fingerprint density at radius 1 is 1.25 bits per heavy atom. The van der Waals surface area contributed by atoms with Crippen molar-refractivity contribution in [3.05, 3.63) is 55.5 Å². The molecule has 4 heteroatoms. The van der Waals surface area contributed by atoms with E-state index in [0.29, 0.717) is 4.64 Å². The first-order chi connectivity index (χ1) is 9.51. The van der Waals surface area contributed by atoms with Gasteiger partial charge >= 0.3 is 0 Å². The fourth-order valence-electron chi connectivity index (χ4n) is 2.17. The molecule has 106 valence electrons. The molecule has 0 aliphatic carbocycles. The molecule has 0 spiro atoms. The third-order valence-electron chi connectivity index (χ3n) is 3.43. The van der Waals surface area contributed by atoms with Gasteiger partial charge in [-0.2, -0.15) is 0 Å². The second-order valence-corrected chi connectivity index (χ2v) is 6.31. The molecular weight excluding hydrogens is 332 g/mol. The van der Waals surface area contributed by atoms with Gasteiger partial charge in [-0.3, -0.25) is 0 Å². The van der Waals surface area contributed by atoms with Gasteiger partial charge in [-0.15, -0.1) is 0 Å². The summed E-state index contributed by atoms with van der Waals surface area (Å²) >= 11 is 8.85. The molecule has 1 heterocycles. The summed E-state index contributed by atoms with van der Waals surface area (Å²) in [5.74, 6) is 0.935. The number of H-pyrrole nitrogens is 1. The molecule has 0 radical (unpaired) electrons. The van der Waals surface area contributed by atoms with Crippen LogP contribution in [0.5, 0.6) is 0 Å². The number of halogens is 1. The van der Waals surface area contributed by atoms with E-state index in [9.17, 15) is 0 Å². The third-order valence-corrected chi connectivity index (χ3v) is 4.84. The summed E-state index contributed by atoms with van der Waals surface area (Å²) in [6.45, 7) is 6.43. The number of aromatic amines is 1. The molecule has 2 nitrogen and oxygen atoms in total. The van der Waals surface area contributed by atoms with Crippen LogP contribution in [0.2, 0.25) is 0 Å². The number of hydrogen-bond acceptors (Lipinski definition) is 2. The molecule has 20 heavy (non-hydrogen) atoms. The molecule has 1 N–H and O–H groups in total. The lowest BCUT2D eigenvalue weighted by Crippen LogP contribution is -2.03. The van der Waals surface area contributed by atoms with Gasteiger partial charge < -0.3 is 4.98 Å². The fraction of sp³-hybridized carbons (Fsp3) is 0.375. The zero-order chi connectivity index (χ0) is 14.7. The molecule has 0 saturated heterocycles. The summed E-state index contributed by atoms with van der Waals surface area (Å²) in [4.78, 5) is 7.89. The van der Waals surface area contributed by atoms with E-state index in [1.807, 2.05) is 0 Å². The van der Waals surface area contributed by atoms with Crippen LogP contribution < -0.4 is 0 Å². The summed E-state index contributed by atoms with van der Waals surface area (Å²) in [6, 6.07) is 6.53. The summed E-state index contributed by atoms with van der Waals surface area (Å²) in [7, 11) is 0. The number of benzene rings is 1. The lowest BCUT2D eigenvalue weighted by molar-refractivity contribution is 0.829. The van der Waals surface area contributed by atoms with Gasteiger partial charge in [-0.05, 0) is 52.9 Å². The molecule has 0 atom stereocenters. The molecular formula is C16H19BrN2S. The van der Waals surface area contributed by atoms with E-state index in [1.54, 1.807) is 0 Å². The summed E-state index contributed by atoms with van der Waals surface area (Å²) in [5.41, 5.74) is 5.03. The first-order valence-electron chi connectivity index (χ1n) is 6.85. The Balaban J connectivity index is 2.33. The van der Waals surface area contributed by atoms with Crippen molar-refractivity contribution in [2.45, 2.75) is 40.0 Å². The average molecular weight is 351 g/mol. The van der Waals surface area contributed by atoms with E-state index in [0.717, 1.165) is 35.3 Å². The van der Waals surface area contributed by atoms with Gasteiger partial charge in [-0.1, -0.05) is 43.8 Å². The van der Waals surface area contributed by atoms with Crippen LogP contribution in [-0.2, 0) is 12.8 Å². The Hall–Kier alpha value is -1.00. The van der Waals surface area contributed by atoms with Crippen molar-refractivity contribution in [2.24, 2.45) is 0 Å². The quantitative estimate of drug-likeness (QED) is 0.780. The molecule has 1 aromatic heterocycles. The number of aromatic nitrogens is 2. The van der Waals surface area contributed by atoms with Crippen molar-refractivity contribution in [3.8, 4) is 0 Å². The van der Waals surface area contributed by atoms with Crippen LogP contribution in [-0.4, -0.2) is 9.97 Å². The van der Waals surface area contributed by atoms with Crippen LogP contribution in [0.3, 0.4) is 0 Å². The lowest BCUT2D eigenvalue weighted by Gasteiger charge is -2.09. The third kappa shape index (κ3) is 3.55. The predicted molar refractivity (Wildman–Crippen MR) is 89.8 cm³/mol. The standard InChI is InChI=1S/C16H19BrN2S/c1-4-5-13-15(17)16(20)19-14(18-13)9-12-7-6-10(2)11(3)8-12/h6-8H,4-5,9H2,1-3H3,(H,18,19,20). The van der Waals surface area contributed by atoms with Gasteiger partial charge in [0.05, 0.1) is 4.47 Å². The van der Waals surface area contributed by atoms with E-state index < -0.39 is 0 Å². The number of rotatable bonds is 4. The zero-order valence-corrected chi connectivity index (χ0v) is 14.5. The monoisotopic (exact) mass is 350 g/mol. The summed E-state index contributed by atoms with van der Waals surface area (Å²) in [5, 5.41) is 0. The molecule has 0 fully saturated rings. The van der Waals surface area contributed by atoms with Crippen molar-refractivity contribution in [1.29, 1.82) is 0 Å². The van der Waals surface area contributed by atoms with Crippen molar-refractivity contribution in [1.82, 2.24) is 9.97 Å². The van der Waals surface area contributed by atoms with Gasteiger partial charge in [0.2, 0.25) is 0 Å². The van der Waals surface area contributed by atoms with Gasteiger partial charge in [0.1, 0.15) is 10.5 Å². The number of nitrogens with zero attached hydrogens (tertiary/aromatic N) is 1. The Bertz CT molecular complexity index is 677. The van der Waals surface area contributed by atoms with E-state index >= 15 is 0 Å².